The minimum absolute atomic E-state index is 0.633. The predicted molar refractivity (Wildman–Crippen MR) is 76.0 cm³/mol. The van der Waals surface area contributed by atoms with Crippen LogP contribution in [0.3, 0.4) is 0 Å². The first-order valence-corrected chi connectivity index (χ1v) is 6.91. The summed E-state index contributed by atoms with van der Waals surface area (Å²) >= 11 is 0. The van der Waals surface area contributed by atoms with Crippen LogP contribution in [0, 0.1) is 5.92 Å². The van der Waals surface area contributed by atoms with E-state index >= 15 is 0 Å². The van der Waals surface area contributed by atoms with Crippen molar-refractivity contribution in [1.29, 1.82) is 0 Å². The monoisotopic (exact) mass is 257 g/mol. The van der Waals surface area contributed by atoms with Crippen molar-refractivity contribution >= 4 is 17.0 Å². The Hall–Kier alpha value is -1.75. The summed E-state index contributed by atoms with van der Waals surface area (Å²) in [4.78, 5) is 6.96. The number of anilines is 1. The molecule has 0 amide bonds. The molecule has 5 nitrogen and oxygen atoms in total. The van der Waals surface area contributed by atoms with Crippen LogP contribution in [0.25, 0.3) is 11.0 Å². The van der Waals surface area contributed by atoms with E-state index in [0.29, 0.717) is 11.9 Å². The number of fused-ring (bicyclic) bond motifs is 1. The zero-order valence-electron chi connectivity index (χ0n) is 11.2. The molecule has 1 atom stereocenters. The number of benzene rings is 1. The molecule has 1 unspecified atom stereocenters. The number of nitrogens with one attached hydrogen (secondary N) is 1. The van der Waals surface area contributed by atoms with E-state index in [1.165, 1.54) is 19.5 Å². The Bertz CT molecular complexity index is 556. The van der Waals surface area contributed by atoms with E-state index in [0.717, 1.165) is 24.1 Å². The molecule has 1 saturated heterocycles. The van der Waals surface area contributed by atoms with Crippen LogP contribution < -0.4 is 5.32 Å². The largest absolute Gasteiger partial charge is 0.353 e. The maximum absolute atomic E-state index is 4.48. The van der Waals surface area contributed by atoms with Crippen molar-refractivity contribution in [3.63, 3.8) is 0 Å². The minimum Gasteiger partial charge on any atom is -0.353 e. The lowest BCUT2D eigenvalue weighted by Gasteiger charge is -2.13. The molecule has 0 aliphatic carbocycles. The quantitative estimate of drug-likeness (QED) is 0.904. The number of hydrogen-bond acceptors (Lipinski definition) is 5. The molecular weight excluding hydrogens is 238 g/mol. The SMILES string of the molecule is CCN1CCC(CNc2nnc3ccccc3n2)C1. The first-order valence-electron chi connectivity index (χ1n) is 6.91. The van der Waals surface area contributed by atoms with E-state index in [1.807, 2.05) is 24.3 Å². The molecule has 1 N–H and O–H groups in total. The normalized spacial score (nSPS) is 19.9. The number of para-hydroxylation sites is 1. The zero-order valence-corrected chi connectivity index (χ0v) is 11.2. The standard InChI is InChI=1S/C14H19N5/c1-2-19-8-7-11(10-19)9-15-14-16-12-5-3-4-6-13(12)17-18-14/h3-6,11H,2,7-10H2,1H3,(H,15,16,18). The Balaban J connectivity index is 1.62. The number of aromatic nitrogens is 3. The number of hydrogen-bond donors (Lipinski definition) is 1. The van der Waals surface area contributed by atoms with Crippen molar-refractivity contribution in [2.75, 3.05) is 31.5 Å². The number of rotatable bonds is 4. The predicted octanol–water partition coefficient (Wildman–Crippen LogP) is 1.78. The summed E-state index contributed by atoms with van der Waals surface area (Å²) in [6.07, 6.45) is 1.25. The van der Waals surface area contributed by atoms with Crippen molar-refractivity contribution in [3.8, 4) is 0 Å². The second-order valence-corrected chi connectivity index (χ2v) is 5.05. The van der Waals surface area contributed by atoms with Crippen molar-refractivity contribution in [3.05, 3.63) is 24.3 Å². The van der Waals surface area contributed by atoms with Gasteiger partial charge in [-0.1, -0.05) is 19.1 Å². The fraction of sp³-hybridized carbons (Fsp3) is 0.500. The van der Waals surface area contributed by atoms with Gasteiger partial charge < -0.3 is 10.2 Å². The van der Waals surface area contributed by atoms with Crippen LogP contribution in [0.1, 0.15) is 13.3 Å². The number of nitrogens with zero attached hydrogens (tertiary/aromatic N) is 4. The molecule has 1 aliphatic rings. The summed E-state index contributed by atoms with van der Waals surface area (Å²) in [6.45, 7) is 6.66. The highest BCUT2D eigenvalue weighted by molar-refractivity contribution is 5.73. The van der Waals surface area contributed by atoms with Gasteiger partial charge in [-0.2, -0.15) is 0 Å². The van der Waals surface area contributed by atoms with E-state index in [2.05, 4.69) is 32.3 Å². The smallest absolute Gasteiger partial charge is 0.243 e. The van der Waals surface area contributed by atoms with Gasteiger partial charge in [0.2, 0.25) is 5.95 Å². The van der Waals surface area contributed by atoms with Crippen LogP contribution >= 0.6 is 0 Å². The highest BCUT2D eigenvalue weighted by atomic mass is 15.2. The van der Waals surface area contributed by atoms with Crippen LogP contribution in [0.15, 0.2) is 24.3 Å². The summed E-state index contributed by atoms with van der Waals surface area (Å²) in [7, 11) is 0. The summed E-state index contributed by atoms with van der Waals surface area (Å²) in [6, 6.07) is 7.80. The fourth-order valence-electron chi connectivity index (χ4n) is 2.56. The number of likely N-dealkylation sites (tertiary alicyclic amines) is 1. The highest BCUT2D eigenvalue weighted by Gasteiger charge is 2.20. The molecule has 1 aromatic heterocycles. The van der Waals surface area contributed by atoms with Gasteiger partial charge in [0.1, 0.15) is 5.52 Å². The molecule has 1 fully saturated rings. The second-order valence-electron chi connectivity index (χ2n) is 5.05. The van der Waals surface area contributed by atoms with Crippen molar-refractivity contribution in [2.24, 2.45) is 5.92 Å². The molecule has 5 heteroatoms. The second kappa shape index (κ2) is 5.48. The van der Waals surface area contributed by atoms with Gasteiger partial charge in [0.25, 0.3) is 0 Å². The Labute approximate surface area is 113 Å². The molecule has 100 valence electrons. The fourth-order valence-corrected chi connectivity index (χ4v) is 2.56. The lowest BCUT2D eigenvalue weighted by atomic mass is 10.1. The van der Waals surface area contributed by atoms with E-state index in [-0.39, 0.29) is 0 Å². The van der Waals surface area contributed by atoms with Crippen LogP contribution in [0.4, 0.5) is 5.95 Å². The third kappa shape index (κ3) is 2.81. The zero-order chi connectivity index (χ0) is 13.1. The van der Waals surface area contributed by atoms with Crippen molar-refractivity contribution in [1.82, 2.24) is 20.1 Å². The molecule has 0 spiro atoms. The molecule has 0 bridgehead atoms. The third-order valence-corrected chi connectivity index (χ3v) is 3.73. The van der Waals surface area contributed by atoms with E-state index in [4.69, 9.17) is 0 Å². The van der Waals surface area contributed by atoms with Gasteiger partial charge in [0.05, 0.1) is 5.52 Å². The van der Waals surface area contributed by atoms with Gasteiger partial charge in [-0.15, -0.1) is 10.2 Å². The summed E-state index contributed by atoms with van der Waals surface area (Å²) in [5, 5.41) is 11.6. The molecule has 1 aliphatic heterocycles. The van der Waals surface area contributed by atoms with Crippen molar-refractivity contribution in [2.45, 2.75) is 13.3 Å². The van der Waals surface area contributed by atoms with Crippen LogP contribution in [0.2, 0.25) is 0 Å². The van der Waals surface area contributed by atoms with Crippen LogP contribution in [-0.2, 0) is 0 Å². The average Bonchev–Trinajstić information content (AvgIpc) is 2.93. The molecule has 3 rings (SSSR count). The maximum atomic E-state index is 4.48. The van der Waals surface area contributed by atoms with Crippen LogP contribution in [-0.4, -0.2) is 46.3 Å². The Morgan fingerprint density at radius 2 is 2.11 bits per heavy atom. The Morgan fingerprint density at radius 3 is 2.89 bits per heavy atom. The lowest BCUT2D eigenvalue weighted by molar-refractivity contribution is 0.345. The van der Waals surface area contributed by atoms with Gasteiger partial charge in [0, 0.05) is 13.1 Å². The third-order valence-electron chi connectivity index (χ3n) is 3.73. The topological polar surface area (TPSA) is 53.9 Å². The Morgan fingerprint density at radius 1 is 1.26 bits per heavy atom. The summed E-state index contributed by atoms with van der Waals surface area (Å²) in [5.74, 6) is 1.32. The molecule has 2 aromatic rings. The van der Waals surface area contributed by atoms with E-state index < -0.39 is 0 Å². The molecular formula is C14H19N5. The van der Waals surface area contributed by atoms with Crippen molar-refractivity contribution < 1.29 is 0 Å². The first-order chi connectivity index (χ1) is 9.35. The summed E-state index contributed by atoms with van der Waals surface area (Å²) in [5.41, 5.74) is 1.73. The molecule has 19 heavy (non-hydrogen) atoms. The van der Waals surface area contributed by atoms with Gasteiger partial charge in [-0.25, -0.2) is 4.98 Å². The highest BCUT2D eigenvalue weighted by Crippen LogP contribution is 2.16. The molecule has 1 aromatic carbocycles. The minimum atomic E-state index is 0.633. The first kappa shape index (κ1) is 12.3. The van der Waals surface area contributed by atoms with Gasteiger partial charge in [-0.3, -0.25) is 0 Å². The molecule has 2 heterocycles. The summed E-state index contributed by atoms with van der Waals surface area (Å²) < 4.78 is 0. The lowest BCUT2D eigenvalue weighted by Crippen LogP contribution is -2.23. The van der Waals surface area contributed by atoms with E-state index in [9.17, 15) is 0 Å². The maximum Gasteiger partial charge on any atom is 0.243 e. The van der Waals surface area contributed by atoms with Gasteiger partial charge in [-0.05, 0) is 37.6 Å². The van der Waals surface area contributed by atoms with E-state index in [1.54, 1.807) is 0 Å². The van der Waals surface area contributed by atoms with Gasteiger partial charge in [0.15, 0.2) is 0 Å². The van der Waals surface area contributed by atoms with Gasteiger partial charge >= 0.3 is 0 Å². The molecule has 0 radical (unpaired) electrons. The average molecular weight is 257 g/mol. The molecule has 0 saturated carbocycles. The van der Waals surface area contributed by atoms with Crippen LogP contribution in [0.5, 0.6) is 0 Å². The Kier molecular flexibility index (Phi) is 3.55.